The second-order valence-electron chi connectivity index (χ2n) is 2.99. The lowest BCUT2D eigenvalue weighted by atomic mass is 10.2. The zero-order chi connectivity index (χ0) is 10.4. The van der Waals surface area contributed by atoms with E-state index in [1.165, 1.54) is 0 Å². The molecule has 1 aromatic carbocycles. The summed E-state index contributed by atoms with van der Waals surface area (Å²) < 4.78 is 5.52. The summed E-state index contributed by atoms with van der Waals surface area (Å²) in [5.41, 5.74) is 1.14. The van der Waals surface area contributed by atoms with Crippen molar-refractivity contribution in [1.29, 1.82) is 0 Å². The van der Waals surface area contributed by atoms with Crippen molar-refractivity contribution in [2.45, 2.75) is 20.8 Å². The van der Waals surface area contributed by atoms with Crippen molar-refractivity contribution in [2.24, 2.45) is 0 Å². The molecule has 2 heteroatoms. The zero-order valence-corrected chi connectivity index (χ0v) is 9.21. The largest absolute Gasteiger partial charge is 0.491 e. The summed E-state index contributed by atoms with van der Waals surface area (Å²) in [6, 6.07) is 9.08. The van der Waals surface area contributed by atoms with E-state index in [9.17, 15) is 0 Å². The first-order chi connectivity index (χ1) is 6.83. The Balaban J connectivity index is 2.92. The normalized spacial score (nSPS) is 9.93. The maximum Gasteiger partial charge on any atom is 0.150 e. The van der Waals surface area contributed by atoms with Crippen LogP contribution in [0.15, 0.2) is 18.2 Å². The van der Waals surface area contributed by atoms with Gasteiger partial charge in [-0.3, -0.25) is 0 Å². The maximum atomic E-state index is 5.52. The standard InChI is InChI=1S/C12H18NO/c1-4-13(5-2)11-9-7-8-10-12(11)14-6-3/h7-9H,4-6H2,1-3H3. The van der Waals surface area contributed by atoms with Crippen LogP contribution in [-0.2, 0) is 0 Å². The third-order valence-corrected chi connectivity index (χ3v) is 2.19. The molecule has 1 aromatic rings. The van der Waals surface area contributed by atoms with Crippen LogP contribution >= 0.6 is 0 Å². The highest BCUT2D eigenvalue weighted by Crippen LogP contribution is 2.26. The average molecular weight is 192 g/mol. The third-order valence-electron chi connectivity index (χ3n) is 2.19. The zero-order valence-electron chi connectivity index (χ0n) is 9.21. The molecule has 0 aliphatic heterocycles. The van der Waals surface area contributed by atoms with E-state index in [1.54, 1.807) is 0 Å². The second-order valence-corrected chi connectivity index (χ2v) is 2.99. The topological polar surface area (TPSA) is 12.5 Å². The third kappa shape index (κ3) is 2.41. The minimum Gasteiger partial charge on any atom is -0.491 e. The van der Waals surface area contributed by atoms with E-state index in [-0.39, 0.29) is 0 Å². The molecule has 0 saturated carbocycles. The molecule has 0 saturated heterocycles. The molecule has 14 heavy (non-hydrogen) atoms. The molecular weight excluding hydrogens is 174 g/mol. The van der Waals surface area contributed by atoms with Gasteiger partial charge < -0.3 is 9.64 Å². The lowest BCUT2D eigenvalue weighted by Gasteiger charge is -2.23. The molecule has 0 aliphatic carbocycles. The van der Waals surface area contributed by atoms with Crippen LogP contribution in [0, 0.1) is 6.07 Å². The van der Waals surface area contributed by atoms with Gasteiger partial charge in [-0.25, -0.2) is 0 Å². The Hall–Kier alpha value is -1.18. The van der Waals surface area contributed by atoms with Crippen LogP contribution in [0.1, 0.15) is 20.8 Å². The van der Waals surface area contributed by atoms with Gasteiger partial charge >= 0.3 is 0 Å². The highest BCUT2D eigenvalue weighted by molar-refractivity contribution is 5.57. The number of para-hydroxylation sites is 1. The Kier molecular flexibility index (Phi) is 4.30. The first-order valence-corrected chi connectivity index (χ1v) is 5.21. The van der Waals surface area contributed by atoms with Gasteiger partial charge in [0.1, 0.15) is 0 Å². The molecule has 0 N–H and O–H groups in total. The number of hydrogen-bond donors (Lipinski definition) is 0. The molecule has 1 radical (unpaired) electrons. The van der Waals surface area contributed by atoms with Gasteiger partial charge in [0.15, 0.2) is 5.75 Å². The summed E-state index contributed by atoms with van der Waals surface area (Å²) >= 11 is 0. The average Bonchev–Trinajstić information content (AvgIpc) is 2.23. The van der Waals surface area contributed by atoms with Gasteiger partial charge in [0, 0.05) is 19.2 Å². The molecule has 0 aliphatic rings. The molecule has 77 valence electrons. The first-order valence-electron chi connectivity index (χ1n) is 5.21. The molecule has 0 spiro atoms. The van der Waals surface area contributed by atoms with Gasteiger partial charge in [0.2, 0.25) is 0 Å². The maximum absolute atomic E-state index is 5.52. The van der Waals surface area contributed by atoms with Crippen LogP contribution in [0.25, 0.3) is 0 Å². The molecule has 0 aromatic heterocycles. The fourth-order valence-corrected chi connectivity index (χ4v) is 1.49. The van der Waals surface area contributed by atoms with Crippen molar-refractivity contribution >= 4 is 5.69 Å². The van der Waals surface area contributed by atoms with Gasteiger partial charge in [-0.15, -0.1) is 0 Å². The number of rotatable bonds is 5. The minimum absolute atomic E-state index is 0.689. The van der Waals surface area contributed by atoms with Crippen LogP contribution < -0.4 is 9.64 Å². The van der Waals surface area contributed by atoms with E-state index in [0.717, 1.165) is 24.5 Å². The fourth-order valence-electron chi connectivity index (χ4n) is 1.49. The molecule has 0 unspecified atom stereocenters. The van der Waals surface area contributed by atoms with Gasteiger partial charge in [-0.2, -0.15) is 0 Å². The fraction of sp³-hybridized carbons (Fsp3) is 0.500. The van der Waals surface area contributed by atoms with E-state index >= 15 is 0 Å². The Bertz CT molecular complexity index is 269. The first kappa shape index (κ1) is 10.9. The number of anilines is 1. The number of ether oxygens (including phenoxy) is 1. The van der Waals surface area contributed by atoms with Crippen molar-refractivity contribution in [3.63, 3.8) is 0 Å². The van der Waals surface area contributed by atoms with Crippen LogP contribution in [0.2, 0.25) is 0 Å². The minimum atomic E-state index is 0.689. The van der Waals surface area contributed by atoms with Crippen molar-refractivity contribution < 1.29 is 4.74 Å². The summed E-state index contributed by atoms with van der Waals surface area (Å²) in [6.45, 7) is 8.96. The molecule has 0 bridgehead atoms. The summed E-state index contributed by atoms with van der Waals surface area (Å²) in [5, 5.41) is 0. The molecule has 2 nitrogen and oxygen atoms in total. The van der Waals surface area contributed by atoms with Gasteiger partial charge in [-0.1, -0.05) is 12.1 Å². The highest BCUT2D eigenvalue weighted by Gasteiger charge is 2.07. The van der Waals surface area contributed by atoms with Crippen LogP contribution in [0.5, 0.6) is 5.75 Å². The van der Waals surface area contributed by atoms with Crippen LogP contribution in [-0.4, -0.2) is 19.7 Å². The predicted molar refractivity (Wildman–Crippen MR) is 60.0 cm³/mol. The summed E-state index contributed by atoms with van der Waals surface area (Å²) in [4.78, 5) is 2.27. The number of nitrogens with zero attached hydrogens (tertiary/aromatic N) is 1. The highest BCUT2D eigenvalue weighted by atomic mass is 16.5. The van der Waals surface area contributed by atoms with E-state index in [1.807, 2.05) is 19.1 Å². The van der Waals surface area contributed by atoms with Crippen molar-refractivity contribution in [2.75, 3.05) is 24.6 Å². The van der Waals surface area contributed by atoms with Crippen LogP contribution in [0.3, 0.4) is 0 Å². The van der Waals surface area contributed by atoms with Gasteiger partial charge in [-0.05, 0) is 26.8 Å². The number of benzene rings is 1. The van der Waals surface area contributed by atoms with E-state index in [2.05, 4.69) is 30.9 Å². The second kappa shape index (κ2) is 5.53. The van der Waals surface area contributed by atoms with Crippen molar-refractivity contribution in [1.82, 2.24) is 0 Å². The predicted octanol–water partition coefficient (Wildman–Crippen LogP) is 2.73. The molecule has 0 atom stereocenters. The summed E-state index contributed by atoms with van der Waals surface area (Å²) in [6.07, 6.45) is 0. The Labute approximate surface area is 86.5 Å². The summed E-state index contributed by atoms with van der Waals surface area (Å²) in [5.74, 6) is 0.860. The Morgan fingerprint density at radius 3 is 2.57 bits per heavy atom. The van der Waals surface area contributed by atoms with Crippen LogP contribution in [0.4, 0.5) is 5.69 Å². The molecule has 1 rings (SSSR count). The SMILES string of the molecule is CCOc1[c]cccc1N(CC)CC. The lowest BCUT2D eigenvalue weighted by Crippen LogP contribution is -2.22. The van der Waals surface area contributed by atoms with E-state index in [4.69, 9.17) is 4.74 Å². The van der Waals surface area contributed by atoms with E-state index in [0.29, 0.717) is 6.61 Å². The van der Waals surface area contributed by atoms with Crippen molar-refractivity contribution in [3.8, 4) is 5.75 Å². The van der Waals surface area contributed by atoms with Gasteiger partial charge in [0.05, 0.1) is 12.3 Å². The molecular formula is C12H18NO. The summed E-state index contributed by atoms with van der Waals surface area (Å²) in [7, 11) is 0. The lowest BCUT2D eigenvalue weighted by molar-refractivity contribution is 0.339. The van der Waals surface area contributed by atoms with Crippen molar-refractivity contribution in [3.05, 3.63) is 24.3 Å². The Morgan fingerprint density at radius 2 is 2.00 bits per heavy atom. The Morgan fingerprint density at radius 1 is 1.29 bits per heavy atom. The monoisotopic (exact) mass is 192 g/mol. The molecule has 0 amide bonds. The quantitative estimate of drug-likeness (QED) is 0.711. The van der Waals surface area contributed by atoms with Gasteiger partial charge in [0.25, 0.3) is 0 Å². The molecule has 0 fully saturated rings. The molecule has 0 heterocycles. The smallest absolute Gasteiger partial charge is 0.150 e. The van der Waals surface area contributed by atoms with E-state index < -0.39 is 0 Å². The number of hydrogen-bond acceptors (Lipinski definition) is 2.